The van der Waals surface area contributed by atoms with E-state index in [1.165, 1.54) is 12.4 Å². The van der Waals surface area contributed by atoms with Crippen LogP contribution in [-0.2, 0) is 15.8 Å². The molecule has 15 heavy (non-hydrogen) atoms. The highest BCUT2D eigenvalue weighted by Crippen LogP contribution is 2.42. The summed E-state index contributed by atoms with van der Waals surface area (Å²) in [5.74, 6) is -1.51. The minimum Gasteiger partial charge on any atom is -0.481 e. The standard InChI is InChI=1S/C8H10NO5P/c10-8(11)7(15(12,13)14)4-6-2-1-3-9-5-6/h1-3,5,7H,4H2,(H,10,11)(H2,12,13,14)/t7-/m0/s1. The number of carbonyl (C=O) groups is 1. The number of aliphatic carboxylic acids is 1. The van der Waals surface area contributed by atoms with Crippen molar-refractivity contribution in [3.05, 3.63) is 30.1 Å². The normalized spacial score (nSPS) is 13.5. The van der Waals surface area contributed by atoms with Gasteiger partial charge in [0.15, 0.2) is 5.66 Å². The summed E-state index contributed by atoms with van der Waals surface area (Å²) in [6, 6.07) is 3.15. The van der Waals surface area contributed by atoms with Gasteiger partial charge in [-0.3, -0.25) is 14.3 Å². The average Bonchev–Trinajstić information content (AvgIpc) is 2.13. The second-order valence-corrected chi connectivity index (χ2v) is 4.81. The van der Waals surface area contributed by atoms with Crippen LogP contribution in [0.15, 0.2) is 24.5 Å². The minimum absolute atomic E-state index is 0.229. The van der Waals surface area contributed by atoms with E-state index in [4.69, 9.17) is 14.9 Å². The Kier molecular flexibility index (Phi) is 3.57. The lowest BCUT2D eigenvalue weighted by Gasteiger charge is -2.13. The quantitative estimate of drug-likeness (QED) is 0.641. The lowest BCUT2D eigenvalue weighted by Crippen LogP contribution is -2.23. The third-order valence-electron chi connectivity index (χ3n) is 1.84. The molecular weight excluding hydrogens is 221 g/mol. The molecule has 0 aliphatic heterocycles. The van der Waals surface area contributed by atoms with Crippen LogP contribution in [0.25, 0.3) is 0 Å². The lowest BCUT2D eigenvalue weighted by molar-refractivity contribution is -0.136. The van der Waals surface area contributed by atoms with E-state index >= 15 is 0 Å². The Bertz CT molecular complexity index is 387. The van der Waals surface area contributed by atoms with Crippen LogP contribution in [0.1, 0.15) is 5.56 Å². The third kappa shape index (κ3) is 3.43. The molecule has 7 heteroatoms. The monoisotopic (exact) mass is 231 g/mol. The molecule has 1 heterocycles. The summed E-state index contributed by atoms with van der Waals surface area (Å²) in [6.45, 7) is 0. The van der Waals surface area contributed by atoms with E-state index in [1.807, 2.05) is 0 Å². The van der Waals surface area contributed by atoms with Gasteiger partial charge in [0, 0.05) is 12.4 Å². The van der Waals surface area contributed by atoms with E-state index < -0.39 is 19.2 Å². The van der Waals surface area contributed by atoms with Crippen LogP contribution >= 0.6 is 7.60 Å². The van der Waals surface area contributed by atoms with Crippen molar-refractivity contribution < 1.29 is 24.3 Å². The molecule has 1 rings (SSSR count). The zero-order chi connectivity index (χ0) is 11.5. The molecule has 0 radical (unpaired) electrons. The summed E-state index contributed by atoms with van der Waals surface area (Å²) in [5, 5.41) is 8.66. The maximum absolute atomic E-state index is 10.9. The first-order valence-corrected chi connectivity index (χ1v) is 5.76. The van der Waals surface area contributed by atoms with Crippen LogP contribution in [0.5, 0.6) is 0 Å². The number of carboxylic acids is 1. The van der Waals surface area contributed by atoms with E-state index in [9.17, 15) is 9.36 Å². The highest BCUT2D eigenvalue weighted by Gasteiger charge is 2.35. The van der Waals surface area contributed by atoms with Gasteiger partial charge in [-0.25, -0.2) is 0 Å². The molecule has 1 aromatic heterocycles. The summed E-state index contributed by atoms with van der Waals surface area (Å²) in [6.07, 6.45) is 2.65. The van der Waals surface area contributed by atoms with E-state index in [-0.39, 0.29) is 6.42 Å². The largest absolute Gasteiger partial charge is 0.481 e. The Hall–Kier alpha value is -1.23. The predicted molar refractivity (Wildman–Crippen MR) is 51.4 cm³/mol. The zero-order valence-electron chi connectivity index (χ0n) is 7.65. The maximum Gasteiger partial charge on any atom is 0.340 e. The topological polar surface area (TPSA) is 108 Å². The molecule has 0 saturated heterocycles. The van der Waals surface area contributed by atoms with Gasteiger partial charge in [0.05, 0.1) is 0 Å². The third-order valence-corrected chi connectivity index (χ3v) is 3.06. The Morgan fingerprint density at radius 1 is 1.53 bits per heavy atom. The Labute approximate surface area is 85.8 Å². The van der Waals surface area contributed by atoms with Crippen molar-refractivity contribution in [3.8, 4) is 0 Å². The Morgan fingerprint density at radius 3 is 2.60 bits per heavy atom. The summed E-state index contributed by atoms with van der Waals surface area (Å²) >= 11 is 0. The maximum atomic E-state index is 10.9. The minimum atomic E-state index is -4.62. The predicted octanol–water partition coefficient (Wildman–Crippen LogP) is 0.255. The molecule has 0 fully saturated rings. The average molecular weight is 231 g/mol. The number of hydrogen-bond donors (Lipinski definition) is 3. The Morgan fingerprint density at radius 2 is 2.20 bits per heavy atom. The molecule has 1 atom stereocenters. The first-order chi connectivity index (χ1) is 6.91. The molecule has 1 aromatic rings. The molecular formula is C8H10NO5P. The van der Waals surface area contributed by atoms with Crippen LogP contribution in [-0.4, -0.2) is 31.5 Å². The molecule has 0 amide bonds. The fourth-order valence-electron chi connectivity index (χ4n) is 1.09. The highest BCUT2D eigenvalue weighted by molar-refractivity contribution is 7.53. The first kappa shape index (κ1) is 11.8. The van der Waals surface area contributed by atoms with Gasteiger partial charge in [0.2, 0.25) is 0 Å². The molecule has 0 saturated carbocycles. The van der Waals surface area contributed by atoms with E-state index in [2.05, 4.69) is 4.98 Å². The summed E-state index contributed by atoms with van der Waals surface area (Å²) < 4.78 is 10.9. The molecule has 0 aromatic carbocycles. The van der Waals surface area contributed by atoms with E-state index in [0.717, 1.165) is 0 Å². The summed E-state index contributed by atoms with van der Waals surface area (Å²) in [5.41, 5.74) is -1.23. The van der Waals surface area contributed by atoms with Gasteiger partial charge < -0.3 is 14.9 Å². The smallest absolute Gasteiger partial charge is 0.340 e. The number of pyridine rings is 1. The van der Waals surface area contributed by atoms with Crippen molar-refractivity contribution in [1.82, 2.24) is 4.98 Å². The van der Waals surface area contributed by atoms with Crippen LogP contribution < -0.4 is 0 Å². The van der Waals surface area contributed by atoms with Crippen LogP contribution in [0.3, 0.4) is 0 Å². The molecule has 0 aliphatic carbocycles. The fourth-order valence-corrected chi connectivity index (χ4v) is 1.83. The van der Waals surface area contributed by atoms with Crippen molar-refractivity contribution >= 4 is 13.6 Å². The van der Waals surface area contributed by atoms with Crippen molar-refractivity contribution in [2.45, 2.75) is 12.1 Å². The molecule has 3 N–H and O–H groups in total. The fraction of sp³-hybridized carbons (Fsp3) is 0.250. The van der Waals surface area contributed by atoms with Crippen LogP contribution in [0, 0.1) is 0 Å². The number of carboxylic acid groups (broad SMARTS) is 1. The van der Waals surface area contributed by atoms with Crippen molar-refractivity contribution in [2.24, 2.45) is 0 Å². The molecule has 6 nitrogen and oxygen atoms in total. The molecule has 0 spiro atoms. The second-order valence-electron chi connectivity index (χ2n) is 3.01. The number of nitrogens with zero attached hydrogens (tertiary/aromatic N) is 1. The van der Waals surface area contributed by atoms with Crippen molar-refractivity contribution in [1.29, 1.82) is 0 Å². The first-order valence-electron chi connectivity index (χ1n) is 4.08. The zero-order valence-corrected chi connectivity index (χ0v) is 8.54. The van der Waals surface area contributed by atoms with Crippen molar-refractivity contribution in [2.75, 3.05) is 0 Å². The number of aromatic nitrogens is 1. The SMILES string of the molecule is O=C(O)[C@H](Cc1cccnc1)P(=O)(O)O. The molecule has 82 valence electrons. The number of hydrogen-bond acceptors (Lipinski definition) is 3. The molecule has 0 unspecified atom stereocenters. The highest BCUT2D eigenvalue weighted by atomic mass is 31.2. The van der Waals surface area contributed by atoms with Crippen molar-refractivity contribution in [3.63, 3.8) is 0 Å². The summed E-state index contributed by atoms with van der Waals surface area (Å²) in [7, 11) is -4.62. The molecule has 0 bridgehead atoms. The van der Waals surface area contributed by atoms with E-state index in [1.54, 1.807) is 12.1 Å². The second kappa shape index (κ2) is 4.53. The van der Waals surface area contributed by atoms with Crippen LogP contribution in [0.2, 0.25) is 0 Å². The van der Waals surface area contributed by atoms with Gasteiger partial charge in [0.25, 0.3) is 0 Å². The van der Waals surface area contributed by atoms with E-state index in [0.29, 0.717) is 5.56 Å². The lowest BCUT2D eigenvalue weighted by atomic mass is 10.1. The Balaban J connectivity index is 2.86. The van der Waals surface area contributed by atoms with Gasteiger partial charge in [-0.15, -0.1) is 0 Å². The van der Waals surface area contributed by atoms with Gasteiger partial charge in [-0.2, -0.15) is 0 Å². The molecule has 0 aliphatic rings. The van der Waals surface area contributed by atoms with Gasteiger partial charge in [-0.05, 0) is 18.1 Å². The van der Waals surface area contributed by atoms with Gasteiger partial charge in [-0.1, -0.05) is 6.07 Å². The van der Waals surface area contributed by atoms with Crippen LogP contribution in [0.4, 0.5) is 0 Å². The summed E-state index contributed by atoms with van der Waals surface area (Å²) in [4.78, 5) is 32.0. The van der Waals surface area contributed by atoms with Gasteiger partial charge >= 0.3 is 13.6 Å². The number of rotatable bonds is 4. The van der Waals surface area contributed by atoms with Gasteiger partial charge in [0.1, 0.15) is 0 Å².